The van der Waals surface area contributed by atoms with E-state index in [4.69, 9.17) is 39.5 Å². The summed E-state index contributed by atoms with van der Waals surface area (Å²) in [4.78, 5) is 99.3. The van der Waals surface area contributed by atoms with Crippen molar-refractivity contribution in [2.75, 3.05) is 43.2 Å². The number of benzene rings is 2. The molecule has 0 spiro atoms. The summed E-state index contributed by atoms with van der Waals surface area (Å²) in [6, 6.07) is 8.29. The predicted octanol–water partition coefficient (Wildman–Crippen LogP) is -0.0559. The number of aliphatic hydroxyl groups excluding tert-OH is 2. The van der Waals surface area contributed by atoms with E-state index in [1.54, 1.807) is 0 Å². The molecule has 12 N–H and O–H groups in total. The minimum atomic E-state index is -5.64. The topological polar surface area (TPSA) is 437 Å². The number of carboxylic acids is 1. The second-order valence-electron chi connectivity index (χ2n) is 17.5. The molecule has 3 aromatic heterocycles. The van der Waals surface area contributed by atoms with Crippen LogP contribution < -0.4 is 22.5 Å². The molecule has 7 rings (SSSR count). The van der Waals surface area contributed by atoms with Crippen molar-refractivity contribution >= 4 is 62.1 Å². The van der Waals surface area contributed by atoms with Crippen LogP contribution in [0.2, 0.25) is 0 Å². The summed E-state index contributed by atoms with van der Waals surface area (Å²) in [5.41, 5.74) is 10.1. The number of phosphoric ester groups is 2. The highest BCUT2D eigenvalue weighted by atomic mass is 31.2. The van der Waals surface area contributed by atoms with Gasteiger partial charge in [-0.3, -0.25) is 32.4 Å². The lowest BCUT2D eigenvalue weighted by molar-refractivity contribution is -0.149. The number of imidazole rings is 1. The van der Waals surface area contributed by atoms with Gasteiger partial charge in [-0.2, -0.15) is 4.98 Å². The Morgan fingerprint density at radius 3 is 2.21 bits per heavy atom. The molecule has 2 aliphatic rings. The molecule has 5 heterocycles. The Kier molecular flexibility index (Phi) is 17.4. The van der Waals surface area contributed by atoms with Crippen LogP contribution in [0.1, 0.15) is 37.4 Å². The maximum absolute atomic E-state index is 14.5. The molecule has 406 valence electrons. The summed E-state index contributed by atoms with van der Waals surface area (Å²) in [7, 11) is -10.9. The number of anilines is 3. The van der Waals surface area contributed by atoms with Gasteiger partial charge in [-0.25, -0.2) is 42.9 Å². The molecule has 10 atom stereocenters. The monoisotopic (exact) mass is 1100 g/mol. The highest BCUT2D eigenvalue weighted by Crippen LogP contribution is 2.50. The van der Waals surface area contributed by atoms with E-state index in [9.17, 15) is 67.8 Å². The van der Waals surface area contributed by atoms with Crippen LogP contribution in [-0.4, -0.2) is 162 Å². The van der Waals surface area contributed by atoms with Crippen molar-refractivity contribution in [1.82, 2.24) is 34.0 Å². The summed E-state index contributed by atoms with van der Waals surface area (Å²) in [6.07, 6.45) is -11.7. The fraction of sp³-hybridized carbons (Fsp3) is 0.429. The van der Waals surface area contributed by atoms with E-state index in [-0.39, 0.29) is 29.2 Å². The fourth-order valence-electron chi connectivity index (χ4n) is 7.90. The molecule has 2 aromatic carbocycles. The Labute approximate surface area is 422 Å². The van der Waals surface area contributed by atoms with E-state index in [0.717, 1.165) is 29.5 Å². The Hall–Kier alpha value is -6.41. The average Bonchev–Trinajstić information content (AvgIpc) is 3.99. The van der Waals surface area contributed by atoms with Crippen LogP contribution in [0.5, 0.6) is 0 Å². The predicted molar refractivity (Wildman–Crippen MR) is 251 cm³/mol. The lowest BCUT2D eigenvalue weighted by atomic mass is 10.0. The molecule has 2 saturated heterocycles. The summed E-state index contributed by atoms with van der Waals surface area (Å²) in [5.74, 6) is -2.98. The van der Waals surface area contributed by atoms with E-state index in [1.165, 1.54) is 62.4 Å². The van der Waals surface area contributed by atoms with Gasteiger partial charge < -0.3 is 70.8 Å². The number of nitrogen functional groups attached to an aromatic ring is 2. The van der Waals surface area contributed by atoms with E-state index >= 15 is 0 Å². The quantitative estimate of drug-likeness (QED) is 0.0406. The number of aliphatic carboxylic acids is 1. The summed E-state index contributed by atoms with van der Waals surface area (Å²) >= 11 is 0. The molecule has 5 aromatic rings. The van der Waals surface area contributed by atoms with Crippen LogP contribution in [0.4, 0.5) is 26.5 Å². The smallest absolute Gasteiger partial charge is 0.472 e. The summed E-state index contributed by atoms with van der Waals surface area (Å²) < 4.78 is 78.9. The molecular formula is C42H51FN10O20P2. The van der Waals surface area contributed by atoms with Gasteiger partial charge >= 0.3 is 33.4 Å². The zero-order valence-corrected chi connectivity index (χ0v) is 41.2. The van der Waals surface area contributed by atoms with Gasteiger partial charge in [0, 0.05) is 11.9 Å². The molecule has 2 amide bonds. The Bertz CT molecular complexity index is 3000. The number of aliphatic hydroxyl groups is 3. The van der Waals surface area contributed by atoms with E-state index < -0.39 is 139 Å². The van der Waals surface area contributed by atoms with Crippen molar-refractivity contribution in [2.45, 2.75) is 87.5 Å². The zero-order valence-electron chi connectivity index (χ0n) is 39.4. The molecule has 0 bridgehead atoms. The average molecular weight is 1100 g/mol. The van der Waals surface area contributed by atoms with Gasteiger partial charge in [0.05, 0.1) is 50.8 Å². The van der Waals surface area contributed by atoms with Crippen molar-refractivity contribution in [3.05, 3.63) is 101 Å². The first-order valence-corrected chi connectivity index (χ1v) is 25.2. The maximum Gasteiger partial charge on any atom is 0.472 e. The van der Waals surface area contributed by atoms with Crippen molar-refractivity contribution < 1.29 is 95.5 Å². The van der Waals surface area contributed by atoms with E-state index in [2.05, 4.69) is 29.8 Å². The van der Waals surface area contributed by atoms with Crippen LogP contribution >= 0.6 is 15.6 Å². The number of amides is 2. The largest absolute Gasteiger partial charge is 0.480 e. The Balaban J connectivity index is 1.18. The van der Waals surface area contributed by atoms with Gasteiger partial charge in [-0.05, 0) is 55.3 Å². The number of carbonyl (C=O) groups is 3. The number of nitrogens with one attached hydrogen (secondary N) is 1. The third-order valence-electron chi connectivity index (χ3n) is 11.3. The van der Waals surface area contributed by atoms with E-state index in [0.29, 0.717) is 26.3 Å². The third kappa shape index (κ3) is 14.3. The molecule has 5 unspecified atom stereocenters. The van der Waals surface area contributed by atoms with Gasteiger partial charge in [0.15, 0.2) is 30.0 Å². The number of aromatic nitrogens is 6. The second-order valence-corrected chi connectivity index (χ2v) is 20.2. The fourth-order valence-corrected chi connectivity index (χ4v) is 9.20. The summed E-state index contributed by atoms with van der Waals surface area (Å²) in [5, 5.41) is 47.3. The van der Waals surface area contributed by atoms with Crippen LogP contribution in [-0.2, 0) is 64.3 Å². The van der Waals surface area contributed by atoms with Crippen molar-refractivity contribution in [3.8, 4) is 0 Å². The van der Waals surface area contributed by atoms with Crippen molar-refractivity contribution in [1.29, 1.82) is 0 Å². The lowest BCUT2D eigenvalue weighted by Crippen LogP contribution is -2.59. The molecule has 0 aliphatic carbocycles. The number of nitrogens with two attached hydrogens (primary N) is 2. The zero-order chi connectivity index (χ0) is 54.6. The molecular weight excluding hydrogens is 1050 g/mol. The van der Waals surface area contributed by atoms with Gasteiger partial charge in [0.2, 0.25) is 5.91 Å². The van der Waals surface area contributed by atoms with Crippen LogP contribution in [0.25, 0.3) is 11.2 Å². The van der Waals surface area contributed by atoms with Crippen LogP contribution in [0.3, 0.4) is 0 Å². The molecule has 2 fully saturated rings. The number of hydrogen-bond acceptors (Lipinski definition) is 22. The number of rotatable bonds is 22. The number of carbonyl (C=O) groups excluding carboxylic acids is 2. The van der Waals surface area contributed by atoms with Crippen LogP contribution in [0.15, 0.2) is 78.2 Å². The van der Waals surface area contributed by atoms with Crippen LogP contribution in [0, 0.1) is 5.82 Å². The van der Waals surface area contributed by atoms with Gasteiger partial charge in [-0.1, -0.05) is 24.3 Å². The molecule has 75 heavy (non-hydrogen) atoms. The van der Waals surface area contributed by atoms with Crippen molar-refractivity contribution in [2.24, 2.45) is 0 Å². The third-order valence-corrected chi connectivity index (χ3v) is 12.7. The Morgan fingerprint density at radius 2 is 1.56 bits per heavy atom. The minimum Gasteiger partial charge on any atom is -0.480 e. The number of nitrogens with zero attached hydrogens (tertiary/aromatic N) is 7. The number of phosphoric acid groups is 2. The first kappa shape index (κ1) is 56.3. The standard InChI is InChI=1S/C42H51FN10O20P2/c1-42(2,61)18-67-15-25(39(57)58)53(41(60)68-14-22-5-9-24(10-6-22)49-29(54)13-21-3-7-23(43)8-4-21)31-26(71-37(32(31)55)52-20-48-30-35(45)46-19-47-36(30)52)16-70-75(65,66)73-34-27(17-69-74(62,63)64)72-38(33(34)56)51-12-11-28(44)50-40(51)59/h3-12,19-20,25-27,31-34,37-38,55-56,61H,13-18H2,1-2H3,(H,49,54)(H,57,58)(H,65,66)(H2,44,50,59)(H2,45,46,47)(H2,62,63,64)/t25-,26?,27-,31?,32?,33-,34-,37?,38-/m1/s1. The minimum absolute atomic E-state index is 0.0147. The molecule has 2 aliphatic heterocycles. The normalized spacial score (nSPS) is 23.2. The van der Waals surface area contributed by atoms with Crippen molar-refractivity contribution in [3.63, 3.8) is 0 Å². The molecule has 30 nitrogen and oxygen atoms in total. The van der Waals surface area contributed by atoms with Gasteiger partial charge in [0.1, 0.15) is 60.6 Å². The van der Waals surface area contributed by atoms with E-state index in [1.807, 2.05) is 0 Å². The molecule has 0 radical (unpaired) electrons. The highest BCUT2D eigenvalue weighted by molar-refractivity contribution is 7.47. The maximum atomic E-state index is 14.5. The lowest BCUT2D eigenvalue weighted by Gasteiger charge is -2.37. The number of hydrogen-bond donors (Lipinski definition) is 10. The van der Waals surface area contributed by atoms with Gasteiger partial charge in [0.25, 0.3) is 0 Å². The number of fused-ring (bicyclic) bond motifs is 1. The summed E-state index contributed by atoms with van der Waals surface area (Å²) in [6.45, 7) is -1.48. The molecule has 33 heteroatoms. The SMILES string of the molecule is CC(C)(O)COC[C@H](C(=O)O)N(C(=O)OCc1ccc(NC(=O)Cc2ccc(F)cc2)cc1)C1C(COP(=O)(O)O[C@H]2[C@@H](O)[C@H](n3ccc(N)nc3=O)O[C@@H]2COP(=O)(O)O)OC(n2cnc3c(N)ncnc32)C1O. The molecule has 0 saturated carbocycles. The first-order valence-electron chi connectivity index (χ1n) is 22.2. The second kappa shape index (κ2) is 23.2. The number of halogens is 1. The van der Waals surface area contributed by atoms with Gasteiger partial charge in [-0.15, -0.1) is 0 Å². The number of ether oxygens (including phenoxy) is 4. The number of carboxylic acid groups (broad SMARTS) is 1. The Morgan fingerprint density at radius 1 is 0.907 bits per heavy atom. The highest BCUT2D eigenvalue weighted by Gasteiger charge is 2.55. The first-order chi connectivity index (χ1) is 35.3.